The molecule has 0 aromatic heterocycles. The van der Waals surface area contributed by atoms with Crippen LogP contribution in [0.5, 0.6) is 0 Å². The van der Waals surface area contributed by atoms with Crippen LogP contribution in [0, 0.1) is 5.92 Å². The van der Waals surface area contributed by atoms with Crippen LogP contribution in [0.25, 0.3) is 0 Å². The van der Waals surface area contributed by atoms with Gasteiger partial charge in [0.1, 0.15) is 0 Å². The zero-order valence-corrected chi connectivity index (χ0v) is 11.3. The summed E-state index contributed by atoms with van der Waals surface area (Å²) in [7, 11) is 2.03. The summed E-state index contributed by atoms with van der Waals surface area (Å²) in [6.45, 7) is 11.1. The molecule has 1 aliphatic rings. The fraction of sp³-hybridized carbons (Fsp3) is 1.00. The predicted octanol–water partition coefficient (Wildman–Crippen LogP) is 1.73. The summed E-state index contributed by atoms with van der Waals surface area (Å²) in [6, 6.07) is 0.676. The van der Waals surface area contributed by atoms with Gasteiger partial charge in [-0.1, -0.05) is 6.92 Å². The van der Waals surface area contributed by atoms with Crippen molar-refractivity contribution in [3.63, 3.8) is 0 Å². The van der Waals surface area contributed by atoms with Crippen LogP contribution in [0.1, 0.15) is 33.6 Å². The Kier molecular flexibility index (Phi) is 6.32. The smallest absolute Gasteiger partial charge is 0.0599 e. The van der Waals surface area contributed by atoms with E-state index in [1.54, 1.807) is 0 Å². The second-order valence-electron chi connectivity index (χ2n) is 4.97. The lowest BCUT2D eigenvalue weighted by atomic mass is 9.98. The van der Waals surface area contributed by atoms with E-state index in [1.807, 2.05) is 7.05 Å². The van der Waals surface area contributed by atoms with E-state index in [4.69, 9.17) is 4.74 Å². The lowest BCUT2D eigenvalue weighted by Gasteiger charge is -2.38. The van der Waals surface area contributed by atoms with Gasteiger partial charge in [-0.2, -0.15) is 0 Å². The van der Waals surface area contributed by atoms with E-state index in [0.29, 0.717) is 18.1 Å². The van der Waals surface area contributed by atoms with Gasteiger partial charge in [-0.25, -0.2) is 0 Å². The van der Waals surface area contributed by atoms with Crippen LogP contribution in [0.15, 0.2) is 0 Å². The zero-order chi connectivity index (χ0) is 12.0. The molecule has 0 aromatic carbocycles. The molecule has 1 heterocycles. The largest absolute Gasteiger partial charge is 0.378 e. The Morgan fingerprint density at radius 1 is 1.31 bits per heavy atom. The Morgan fingerprint density at radius 2 is 1.94 bits per heavy atom. The summed E-state index contributed by atoms with van der Waals surface area (Å²) in [5.41, 5.74) is 0. The molecule has 1 N–H and O–H groups in total. The van der Waals surface area contributed by atoms with Gasteiger partial charge in [0.2, 0.25) is 0 Å². The van der Waals surface area contributed by atoms with Gasteiger partial charge < -0.3 is 15.0 Å². The van der Waals surface area contributed by atoms with Crippen molar-refractivity contribution in [1.82, 2.24) is 10.2 Å². The summed E-state index contributed by atoms with van der Waals surface area (Å²) in [4.78, 5) is 2.61. The normalized spacial score (nSPS) is 23.2. The molecule has 96 valence electrons. The molecule has 1 saturated heterocycles. The highest BCUT2D eigenvalue weighted by Gasteiger charge is 2.25. The third-order valence-corrected chi connectivity index (χ3v) is 3.80. The van der Waals surface area contributed by atoms with Gasteiger partial charge >= 0.3 is 0 Å². The average molecular weight is 228 g/mol. The van der Waals surface area contributed by atoms with Crippen molar-refractivity contribution in [1.29, 1.82) is 0 Å². The fourth-order valence-electron chi connectivity index (χ4n) is 2.54. The molecule has 0 bridgehead atoms. The van der Waals surface area contributed by atoms with Crippen LogP contribution in [0.3, 0.4) is 0 Å². The first-order valence-electron chi connectivity index (χ1n) is 6.69. The fourth-order valence-corrected chi connectivity index (χ4v) is 2.54. The van der Waals surface area contributed by atoms with Crippen molar-refractivity contribution >= 4 is 0 Å². The summed E-state index contributed by atoms with van der Waals surface area (Å²) in [5.74, 6) is 0.716. The summed E-state index contributed by atoms with van der Waals surface area (Å²) >= 11 is 0. The molecule has 0 radical (unpaired) electrons. The van der Waals surface area contributed by atoms with Crippen LogP contribution in [0.2, 0.25) is 0 Å². The molecule has 1 rings (SSSR count). The Labute approximate surface area is 101 Å². The van der Waals surface area contributed by atoms with Crippen LogP contribution in [-0.2, 0) is 4.74 Å². The van der Waals surface area contributed by atoms with E-state index in [9.17, 15) is 0 Å². The minimum absolute atomic E-state index is 0.507. The van der Waals surface area contributed by atoms with Crippen LogP contribution >= 0.6 is 0 Å². The van der Waals surface area contributed by atoms with E-state index in [2.05, 4.69) is 31.0 Å². The van der Waals surface area contributed by atoms with Gasteiger partial charge in [0.25, 0.3) is 0 Å². The standard InChI is InChI=1S/C13H28N2O/c1-5-16-13-6-8-15(9-7-13)12(3)11(2)10-14-4/h11-14H,5-10H2,1-4H3. The molecule has 3 nitrogen and oxygen atoms in total. The Morgan fingerprint density at radius 3 is 2.44 bits per heavy atom. The van der Waals surface area contributed by atoms with E-state index >= 15 is 0 Å². The van der Waals surface area contributed by atoms with E-state index in [0.717, 1.165) is 13.2 Å². The Hall–Kier alpha value is -0.120. The van der Waals surface area contributed by atoms with Crippen molar-refractivity contribution in [2.24, 2.45) is 5.92 Å². The first-order chi connectivity index (χ1) is 7.69. The van der Waals surface area contributed by atoms with Gasteiger partial charge in [-0.3, -0.25) is 0 Å². The predicted molar refractivity (Wildman–Crippen MR) is 68.8 cm³/mol. The SMILES string of the molecule is CCOC1CCN(C(C)C(C)CNC)CC1. The highest BCUT2D eigenvalue weighted by Crippen LogP contribution is 2.19. The second kappa shape index (κ2) is 7.25. The maximum Gasteiger partial charge on any atom is 0.0599 e. The molecule has 1 fully saturated rings. The number of ether oxygens (including phenoxy) is 1. The molecule has 0 aromatic rings. The summed E-state index contributed by atoms with van der Waals surface area (Å²) in [5, 5.41) is 3.27. The first-order valence-corrected chi connectivity index (χ1v) is 6.69. The Bertz CT molecular complexity index is 179. The van der Waals surface area contributed by atoms with E-state index in [-0.39, 0.29) is 0 Å². The molecular weight excluding hydrogens is 200 g/mol. The van der Waals surface area contributed by atoms with Crippen molar-refractivity contribution < 1.29 is 4.74 Å². The quantitative estimate of drug-likeness (QED) is 0.749. The number of likely N-dealkylation sites (tertiary alicyclic amines) is 1. The van der Waals surface area contributed by atoms with Crippen LogP contribution in [-0.4, -0.2) is 50.3 Å². The number of piperidine rings is 1. The lowest BCUT2D eigenvalue weighted by Crippen LogP contribution is -2.46. The minimum atomic E-state index is 0.507. The number of hydrogen-bond donors (Lipinski definition) is 1. The molecule has 2 atom stereocenters. The topological polar surface area (TPSA) is 24.5 Å². The first kappa shape index (κ1) is 13.9. The molecule has 16 heavy (non-hydrogen) atoms. The van der Waals surface area contributed by atoms with Gasteiger partial charge in [0, 0.05) is 25.7 Å². The summed E-state index contributed by atoms with van der Waals surface area (Å²) < 4.78 is 5.68. The molecule has 1 aliphatic heterocycles. The molecule has 3 heteroatoms. The molecule has 0 saturated carbocycles. The molecule has 2 unspecified atom stereocenters. The Balaban J connectivity index is 2.29. The lowest BCUT2D eigenvalue weighted by molar-refractivity contribution is 0.0000754. The monoisotopic (exact) mass is 228 g/mol. The zero-order valence-electron chi connectivity index (χ0n) is 11.3. The van der Waals surface area contributed by atoms with Gasteiger partial charge in [0.05, 0.1) is 6.10 Å². The van der Waals surface area contributed by atoms with Crippen molar-refractivity contribution in [3.05, 3.63) is 0 Å². The van der Waals surface area contributed by atoms with E-state index in [1.165, 1.54) is 25.9 Å². The van der Waals surface area contributed by atoms with Gasteiger partial charge in [-0.05, 0) is 46.2 Å². The highest BCUT2D eigenvalue weighted by atomic mass is 16.5. The van der Waals surface area contributed by atoms with E-state index < -0.39 is 0 Å². The van der Waals surface area contributed by atoms with Crippen molar-refractivity contribution in [2.45, 2.75) is 45.8 Å². The maximum absolute atomic E-state index is 5.68. The molecule has 0 amide bonds. The molecular formula is C13H28N2O. The molecule has 0 spiro atoms. The van der Waals surface area contributed by atoms with Crippen molar-refractivity contribution in [2.75, 3.05) is 33.3 Å². The number of rotatable bonds is 6. The van der Waals surface area contributed by atoms with Gasteiger partial charge in [-0.15, -0.1) is 0 Å². The van der Waals surface area contributed by atoms with Crippen LogP contribution < -0.4 is 5.32 Å². The third kappa shape index (κ3) is 4.04. The number of nitrogens with zero attached hydrogens (tertiary/aromatic N) is 1. The highest BCUT2D eigenvalue weighted by molar-refractivity contribution is 4.80. The van der Waals surface area contributed by atoms with Crippen molar-refractivity contribution in [3.8, 4) is 0 Å². The number of hydrogen-bond acceptors (Lipinski definition) is 3. The third-order valence-electron chi connectivity index (χ3n) is 3.80. The minimum Gasteiger partial charge on any atom is -0.378 e. The second-order valence-corrected chi connectivity index (χ2v) is 4.97. The maximum atomic E-state index is 5.68. The number of nitrogens with one attached hydrogen (secondary N) is 1. The summed E-state index contributed by atoms with van der Waals surface area (Å²) in [6.07, 6.45) is 2.91. The molecule has 0 aliphatic carbocycles. The average Bonchev–Trinajstić information content (AvgIpc) is 2.30. The van der Waals surface area contributed by atoms with Gasteiger partial charge in [0.15, 0.2) is 0 Å². The van der Waals surface area contributed by atoms with Crippen LogP contribution in [0.4, 0.5) is 0 Å².